The fourth-order valence-electron chi connectivity index (χ4n) is 3.27. The second-order valence-corrected chi connectivity index (χ2v) is 7.98. The van der Waals surface area contributed by atoms with Gasteiger partial charge in [0.2, 0.25) is 0 Å². The number of amides is 1. The molecule has 4 rings (SSSR count). The van der Waals surface area contributed by atoms with Crippen LogP contribution in [0.1, 0.15) is 23.2 Å². The maximum Gasteiger partial charge on any atom is 0.263 e. The predicted molar refractivity (Wildman–Crippen MR) is 108 cm³/mol. The molecular formula is C20H17ClF2N2O3S. The van der Waals surface area contributed by atoms with Crippen molar-refractivity contribution in [3.63, 3.8) is 0 Å². The van der Waals surface area contributed by atoms with E-state index in [-0.39, 0.29) is 18.2 Å². The molecule has 29 heavy (non-hydrogen) atoms. The van der Waals surface area contributed by atoms with Gasteiger partial charge in [-0.15, -0.1) is 0 Å². The molecule has 2 aromatic carbocycles. The Kier molecular flexibility index (Phi) is 5.67. The van der Waals surface area contributed by atoms with E-state index in [2.05, 4.69) is 4.98 Å². The Morgan fingerprint density at radius 3 is 2.90 bits per heavy atom. The van der Waals surface area contributed by atoms with Gasteiger partial charge in [-0.05, 0) is 37.1 Å². The van der Waals surface area contributed by atoms with Gasteiger partial charge in [0.15, 0.2) is 5.13 Å². The van der Waals surface area contributed by atoms with Crippen LogP contribution in [0.25, 0.3) is 10.2 Å². The molecule has 1 amide bonds. The van der Waals surface area contributed by atoms with Gasteiger partial charge in [-0.2, -0.15) is 0 Å². The summed E-state index contributed by atoms with van der Waals surface area (Å²) in [6.45, 7) is 0.812. The SMILES string of the molecule is COc1ccc(Cl)c2sc(N(CC3CCCO3)C(=O)c3ccc(F)cc3F)nc12. The molecule has 1 aliphatic rings. The second-order valence-electron chi connectivity index (χ2n) is 6.60. The number of benzene rings is 2. The molecule has 2 heterocycles. The molecule has 0 spiro atoms. The number of anilines is 1. The minimum Gasteiger partial charge on any atom is -0.494 e. The van der Waals surface area contributed by atoms with Gasteiger partial charge >= 0.3 is 0 Å². The van der Waals surface area contributed by atoms with Crippen molar-refractivity contribution in [2.75, 3.05) is 25.2 Å². The number of fused-ring (bicyclic) bond motifs is 1. The average Bonchev–Trinajstić information content (AvgIpc) is 3.36. The molecule has 0 aliphatic carbocycles. The molecule has 1 aliphatic heterocycles. The number of thiazole rings is 1. The van der Waals surface area contributed by atoms with E-state index in [1.165, 1.54) is 23.3 Å². The molecule has 5 nitrogen and oxygen atoms in total. The molecule has 152 valence electrons. The summed E-state index contributed by atoms with van der Waals surface area (Å²) >= 11 is 7.51. The number of methoxy groups -OCH3 is 1. The highest BCUT2D eigenvalue weighted by Crippen LogP contribution is 2.39. The number of halogens is 3. The van der Waals surface area contributed by atoms with Crippen LogP contribution in [0.2, 0.25) is 5.02 Å². The number of hydrogen-bond acceptors (Lipinski definition) is 5. The predicted octanol–water partition coefficient (Wildman–Crippen LogP) is 5.06. The van der Waals surface area contributed by atoms with Gasteiger partial charge in [0.25, 0.3) is 5.91 Å². The monoisotopic (exact) mass is 438 g/mol. The van der Waals surface area contributed by atoms with E-state index in [9.17, 15) is 13.6 Å². The van der Waals surface area contributed by atoms with Crippen LogP contribution in [0, 0.1) is 11.6 Å². The lowest BCUT2D eigenvalue weighted by Gasteiger charge is -2.23. The molecule has 1 unspecified atom stereocenters. The van der Waals surface area contributed by atoms with E-state index in [1.807, 2.05) is 0 Å². The van der Waals surface area contributed by atoms with Gasteiger partial charge in [0, 0.05) is 12.7 Å². The summed E-state index contributed by atoms with van der Waals surface area (Å²) < 4.78 is 39.3. The van der Waals surface area contributed by atoms with Gasteiger partial charge in [0.1, 0.15) is 22.9 Å². The third kappa shape index (κ3) is 3.92. The zero-order chi connectivity index (χ0) is 20.5. The van der Waals surface area contributed by atoms with Crippen LogP contribution < -0.4 is 9.64 Å². The Morgan fingerprint density at radius 2 is 2.21 bits per heavy atom. The van der Waals surface area contributed by atoms with Crippen LogP contribution in [0.5, 0.6) is 5.75 Å². The number of carbonyl (C=O) groups is 1. The van der Waals surface area contributed by atoms with Crippen LogP contribution in [0.3, 0.4) is 0 Å². The van der Waals surface area contributed by atoms with Crippen molar-refractivity contribution in [3.05, 3.63) is 52.6 Å². The third-order valence-corrected chi connectivity index (χ3v) is 6.25. The van der Waals surface area contributed by atoms with Crippen molar-refractivity contribution >= 4 is 44.2 Å². The Balaban J connectivity index is 1.79. The zero-order valence-electron chi connectivity index (χ0n) is 15.5. The fourth-order valence-corrected chi connectivity index (χ4v) is 4.53. The maximum atomic E-state index is 14.3. The molecule has 0 radical (unpaired) electrons. The lowest BCUT2D eigenvalue weighted by molar-refractivity contribution is 0.0914. The van der Waals surface area contributed by atoms with Crippen molar-refractivity contribution in [1.82, 2.24) is 4.98 Å². The normalized spacial score (nSPS) is 16.3. The molecule has 1 atom stereocenters. The summed E-state index contributed by atoms with van der Waals surface area (Å²) in [7, 11) is 1.52. The zero-order valence-corrected chi connectivity index (χ0v) is 17.0. The molecule has 1 saturated heterocycles. The van der Waals surface area contributed by atoms with Gasteiger partial charge in [-0.25, -0.2) is 13.8 Å². The van der Waals surface area contributed by atoms with Crippen molar-refractivity contribution in [3.8, 4) is 5.75 Å². The summed E-state index contributed by atoms with van der Waals surface area (Å²) in [4.78, 5) is 19.1. The Bertz CT molecular complexity index is 1070. The molecular weight excluding hydrogens is 422 g/mol. The second kappa shape index (κ2) is 8.22. The first kappa shape index (κ1) is 20.0. The van der Waals surface area contributed by atoms with E-state index in [4.69, 9.17) is 21.1 Å². The summed E-state index contributed by atoms with van der Waals surface area (Å²) in [6, 6.07) is 6.27. The Hall–Kier alpha value is -2.29. The van der Waals surface area contributed by atoms with Crippen LogP contribution >= 0.6 is 22.9 Å². The highest BCUT2D eigenvalue weighted by atomic mass is 35.5. The minimum atomic E-state index is -0.927. The molecule has 9 heteroatoms. The number of ether oxygens (including phenoxy) is 2. The number of nitrogens with zero attached hydrogens (tertiary/aromatic N) is 2. The number of aromatic nitrogens is 1. The van der Waals surface area contributed by atoms with Crippen LogP contribution in [-0.4, -0.2) is 37.3 Å². The Labute approximate surface area is 174 Å². The molecule has 0 N–H and O–H groups in total. The van der Waals surface area contributed by atoms with E-state index in [0.717, 1.165) is 25.0 Å². The highest BCUT2D eigenvalue weighted by Gasteiger charge is 2.29. The number of carbonyl (C=O) groups excluding carboxylic acids is 1. The molecule has 1 fully saturated rings. The topological polar surface area (TPSA) is 51.7 Å². The largest absolute Gasteiger partial charge is 0.494 e. The fraction of sp³-hybridized carbons (Fsp3) is 0.300. The molecule has 0 saturated carbocycles. The van der Waals surface area contributed by atoms with Crippen molar-refractivity contribution in [2.24, 2.45) is 0 Å². The average molecular weight is 439 g/mol. The third-order valence-electron chi connectivity index (χ3n) is 4.71. The van der Waals surface area contributed by atoms with Gasteiger partial charge < -0.3 is 9.47 Å². The minimum absolute atomic E-state index is 0.188. The number of hydrogen-bond donors (Lipinski definition) is 0. The Morgan fingerprint density at radius 1 is 1.38 bits per heavy atom. The molecule has 1 aromatic heterocycles. The van der Waals surface area contributed by atoms with E-state index < -0.39 is 17.5 Å². The van der Waals surface area contributed by atoms with Crippen LogP contribution in [0.15, 0.2) is 30.3 Å². The summed E-state index contributed by atoms with van der Waals surface area (Å²) in [5, 5.41) is 0.817. The smallest absolute Gasteiger partial charge is 0.263 e. The molecule has 3 aromatic rings. The molecule has 0 bridgehead atoms. The standard InChI is InChI=1S/C20H17ClF2N2O3S/c1-27-16-7-6-14(21)18-17(16)24-20(29-18)25(10-12-3-2-8-28-12)19(26)13-5-4-11(22)9-15(13)23/h4-7,9,12H,2-3,8,10H2,1H3. The maximum absolute atomic E-state index is 14.3. The lowest BCUT2D eigenvalue weighted by Crippen LogP contribution is -2.38. The first-order chi connectivity index (χ1) is 14.0. The van der Waals surface area contributed by atoms with Gasteiger partial charge in [-0.1, -0.05) is 22.9 Å². The first-order valence-electron chi connectivity index (χ1n) is 8.99. The van der Waals surface area contributed by atoms with Crippen molar-refractivity contribution in [2.45, 2.75) is 18.9 Å². The van der Waals surface area contributed by atoms with Crippen LogP contribution in [-0.2, 0) is 4.74 Å². The number of rotatable bonds is 5. The van der Waals surface area contributed by atoms with Gasteiger partial charge in [0.05, 0.1) is 35.0 Å². The van der Waals surface area contributed by atoms with E-state index >= 15 is 0 Å². The van der Waals surface area contributed by atoms with Gasteiger partial charge in [-0.3, -0.25) is 9.69 Å². The first-order valence-corrected chi connectivity index (χ1v) is 10.2. The van der Waals surface area contributed by atoms with E-state index in [0.29, 0.717) is 38.8 Å². The van der Waals surface area contributed by atoms with E-state index in [1.54, 1.807) is 12.1 Å². The van der Waals surface area contributed by atoms with Crippen molar-refractivity contribution in [1.29, 1.82) is 0 Å². The summed E-state index contributed by atoms with van der Waals surface area (Å²) in [6.07, 6.45) is 1.48. The highest BCUT2D eigenvalue weighted by molar-refractivity contribution is 7.23. The quantitative estimate of drug-likeness (QED) is 0.558. The summed E-state index contributed by atoms with van der Waals surface area (Å²) in [5.74, 6) is -1.78. The van der Waals surface area contributed by atoms with Crippen LogP contribution in [0.4, 0.5) is 13.9 Å². The summed E-state index contributed by atoms with van der Waals surface area (Å²) in [5.41, 5.74) is 0.284. The lowest BCUT2D eigenvalue weighted by atomic mass is 10.1. The van der Waals surface area contributed by atoms with Crippen molar-refractivity contribution < 1.29 is 23.0 Å².